The van der Waals surface area contributed by atoms with Gasteiger partial charge in [0.2, 0.25) is 0 Å². The van der Waals surface area contributed by atoms with Crippen LogP contribution in [-0.4, -0.2) is 25.5 Å². The van der Waals surface area contributed by atoms with E-state index in [2.05, 4.69) is 0 Å². The molecule has 0 atom stereocenters. The Morgan fingerprint density at radius 1 is 0.486 bits per heavy atom. The van der Waals surface area contributed by atoms with E-state index in [0.717, 1.165) is 16.2 Å². The van der Waals surface area contributed by atoms with Crippen molar-refractivity contribution in [3.8, 4) is 28.7 Å². The number of hydrogen-bond donors (Lipinski definition) is 5. The van der Waals surface area contributed by atoms with Crippen molar-refractivity contribution in [1.29, 1.82) is 0 Å². The van der Waals surface area contributed by atoms with Crippen molar-refractivity contribution in [2.75, 3.05) is 0 Å². The number of hydrogen-bond acceptors (Lipinski definition) is 5. The van der Waals surface area contributed by atoms with Crippen LogP contribution in [0.4, 0.5) is 0 Å². The first-order chi connectivity index (χ1) is 17.8. The van der Waals surface area contributed by atoms with Gasteiger partial charge in [-0.05, 0) is 70.3 Å². The van der Waals surface area contributed by atoms with Crippen molar-refractivity contribution in [3.05, 3.63) is 114 Å². The lowest BCUT2D eigenvalue weighted by molar-refractivity contribution is 0.434. The van der Waals surface area contributed by atoms with Crippen molar-refractivity contribution < 1.29 is 25.5 Å². The first kappa shape index (κ1) is 22.6. The van der Waals surface area contributed by atoms with Crippen LogP contribution in [0.15, 0.2) is 97.1 Å². The summed E-state index contributed by atoms with van der Waals surface area (Å²) in [6, 6.07) is 27.6. The highest BCUT2D eigenvalue weighted by molar-refractivity contribution is 5.98. The largest absolute Gasteiger partial charge is 0.508 e. The summed E-state index contributed by atoms with van der Waals surface area (Å²) in [5, 5.41) is 59.4. The summed E-state index contributed by atoms with van der Waals surface area (Å²) in [6.07, 6.45) is 0. The number of rotatable bonds is 3. The van der Waals surface area contributed by atoms with E-state index in [1.807, 2.05) is 37.3 Å². The second kappa shape index (κ2) is 8.07. The lowest BCUT2D eigenvalue weighted by atomic mass is 9.67. The van der Waals surface area contributed by atoms with Crippen LogP contribution in [-0.2, 0) is 5.41 Å². The molecule has 0 heterocycles. The van der Waals surface area contributed by atoms with Gasteiger partial charge in [-0.25, -0.2) is 0 Å². The number of benzene rings is 6. The van der Waals surface area contributed by atoms with E-state index in [-0.39, 0.29) is 28.7 Å². The quantitative estimate of drug-likeness (QED) is 0.172. The molecule has 0 saturated heterocycles. The van der Waals surface area contributed by atoms with Gasteiger partial charge >= 0.3 is 0 Å². The minimum Gasteiger partial charge on any atom is -0.508 e. The fourth-order valence-corrected chi connectivity index (χ4v) is 5.70. The highest BCUT2D eigenvalue weighted by atomic mass is 16.3. The van der Waals surface area contributed by atoms with Gasteiger partial charge in [0.05, 0.1) is 5.41 Å². The highest BCUT2D eigenvalue weighted by Crippen LogP contribution is 2.54. The van der Waals surface area contributed by atoms with Gasteiger partial charge in [-0.3, -0.25) is 0 Å². The molecular formula is C32H24O5. The Bertz CT molecular complexity index is 1750. The van der Waals surface area contributed by atoms with Crippen molar-refractivity contribution >= 4 is 32.3 Å². The van der Waals surface area contributed by atoms with E-state index in [1.54, 1.807) is 66.7 Å². The molecular weight excluding hydrogens is 464 g/mol. The molecule has 0 saturated carbocycles. The van der Waals surface area contributed by atoms with Gasteiger partial charge in [0.1, 0.15) is 28.7 Å². The van der Waals surface area contributed by atoms with Gasteiger partial charge in [0, 0.05) is 22.1 Å². The second-order valence-electron chi connectivity index (χ2n) is 9.54. The number of phenolic OH excluding ortho intramolecular Hbond substituents is 5. The number of fused-ring (bicyclic) bond motifs is 3. The lowest BCUT2D eigenvalue weighted by Crippen LogP contribution is -2.27. The molecule has 6 rings (SSSR count). The molecule has 5 N–H and O–H groups in total. The third kappa shape index (κ3) is 3.32. The molecule has 0 aromatic heterocycles. The van der Waals surface area contributed by atoms with E-state index in [0.29, 0.717) is 32.8 Å². The first-order valence-corrected chi connectivity index (χ1v) is 11.9. The van der Waals surface area contributed by atoms with Crippen molar-refractivity contribution in [3.63, 3.8) is 0 Å². The van der Waals surface area contributed by atoms with Crippen molar-refractivity contribution in [1.82, 2.24) is 0 Å². The van der Waals surface area contributed by atoms with Crippen LogP contribution >= 0.6 is 0 Å². The fraction of sp³-hybridized carbons (Fsp3) is 0.0625. The van der Waals surface area contributed by atoms with Crippen LogP contribution in [0, 0.1) is 0 Å². The molecule has 0 bridgehead atoms. The Morgan fingerprint density at radius 2 is 0.946 bits per heavy atom. The van der Waals surface area contributed by atoms with Crippen molar-refractivity contribution in [2.45, 2.75) is 12.3 Å². The second-order valence-corrected chi connectivity index (χ2v) is 9.54. The molecule has 182 valence electrons. The van der Waals surface area contributed by atoms with E-state index >= 15 is 0 Å². The SMILES string of the molecule is CC(c1ccc2ccccc2c1O)(c1c(O)ccc2ccc(O)cc12)c1c(O)ccc2ccc(O)cc12. The highest BCUT2D eigenvalue weighted by Gasteiger charge is 2.41. The average Bonchev–Trinajstić information content (AvgIpc) is 2.88. The molecule has 0 amide bonds. The zero-order chi connectivity index (χ0) is 25.9. The van der Waals surface area contributed by atoms with Gasteiger partial charge < -0.3 is 25.5 Å². The molecule has 6 aromatic rings. The molecule has 6 aromatic carbocycles. The summed E-state index contributed by atoms with van der Waals surface area (Å²) < 4.78 is 0. The zero-order valence-electron chi connectivity index (χ0n) is 20.0. The molecule has 0 aliphatic heterocycles. The van der Waals surface area contributed by atoms with Crippen LogP contribution in [0.5, 0.6) is 28.7 Å². The third-order valence-electron chi connectivity index (χ3n) is 7.41. The summed E-state index contributed by atoms with van der Waals surface area (Å²) in [5.41, 5.74) is -0.0816. The molecule has 0 fully saturated rings. The van der Waals surface area contributed by atoms with Crippen LogP contribution in [0.3, 0.4) is 0 Å². The van der Waals surface area contributed by atoms with Gasteiger partial charge in [-0.1, -0.05) is 60.7 Å². The summed E-state index contributed by atoms with van der Waals surface area (Å²) in [7, 11) is 0. The first-order valence-electron chi connectivity index (χ1n) is 11.9. The topological polar surface area (TPSA) is 101 Å². The summed E-state index contributed by atoms with van der Waals surface area (Å²) in [5.74, 6) is -0.0865. The summed E-state index contributed by atoms with van der Waals surface area (Å²) in [4.78, 5) is 0. The summed E-state index contributed by atoms with van der Waals surface area (Å²) >= 11 is 0. The maximum absolute atomic E-state index is 11.7. The lowest BCUT2D eigenvalue weighted by Gasteiger charge is -2.35. The Morgan fingerprint density at radius 3 is 1.51 bits per heavy atom. The Hall–Kier alpha value is -4.90. The van der Waals surface area contributed by atoms with E-state index < -0.39 is 5.41 Å². The number of aromatic hydroxyl groups is 5. The standard InChI is InChI=1S/C32H24O5/c1-32(26-13-8-18-4-2-3-5-23(18)31(26)37,29-24-16-21(33)11-6-19(24)9-14-27(29)35)30-25-17-22(34)12-7-20(25)10-15-28(30)36/h2-17,33-37H,1H3. The molecule has 0 aliphatic carbocycles. The number of phenols is 5. The van der Waals surface area contributed by atoms with Crippen LogP contribution < -0.4 is 0 Å². The summed E-state index contributed by atoms with van der Waals surface area (Å²) in [6.45, 7) is 1.83. The maximum Gasteiger partial charge on any atom is 0.127 e. The van der Waals surface area contributed by atoms with Gasteiger partial charge in [0.25, 0.3) is 0 Å². The zero-order valence-corrected chi connectivity index (χ0v) is 20.0. The van der Waals surface area contributed by atoms with Crippen LogP contribution in [0.2, 0.25) is 0 Å². The van der Waals surface area contributed by atoms with Gasteiger partial charge in [0.15, 0.2) is 0 Å². The smallest absolute Gasteiger partial charge is 0.127 e. The van der Waals surface area contributed by atoms with Crippen LogP contribution in [0.1, 0.15) is 23.6 Å². The minimum atomic E-state index is -1.33. The normalized spacial score (nSPS) is 11.9. The Labute approximate surface area is 212 Å². The monoisotopic (exact) mass is 488 g/mol. The van der Waals surface area contributed by atoms with Crippen LogP contribution in [0.25, 0.3) is 32.3 Å². The molecule has 5 heteroatoms. The maximum atomic E-state index is 11.7. The predicted octanol–water partition coefficient (Wildman–Crippen LogP) is 7.03. The molecule has 0 unspecified atom stereocenters. The van der Waals surface area contributed by atoms with E-state index in [4.69, 9.17) is 0 Å². The average molecular weight is 489 g/mol. The Balaban J connectivity index is 1.86. The minimum absolute atomic E-state index is 0.00807. The molecule has 0 spiro atoms. The van der Waals surface area contributed by atoms with Gasteiger partial charge in [-0.15, -0.1) is 0 Å². The molecule has 37 heavy (non-hydrogen) atoms. The van der Waals surface area contributed by atoms with Crippen molar-refractivity contribution in [2.24, 2.45) is 0 Å². The fourth-order valence-electron chi connectivity index (χ4n) is 5.70. The van der Waals surface area contributed by atoms with E-state index in [1.165, 1.54) is 0 Å². The molecule has 0 aliphatic rings. The molecule has 5 nitrogen and oxygen atoms in total. The van der Waals surface area contributed by atoms with E-state index in [9.17, 15) is 25.5 Å². The third-order valence-corrected chi connectivity index (χ3v) is 7.41. The predicted molar refractivity (Wildman–Crippen MR) is 146 cm³/mol. The van der Waals surface area contributed by atoms with Gasteiger partial charge in [-0.2, -0.15) is 0 Å². The molecule has 0 radical (unpaired) electrons. The Kier molecular flexibility index (Phi) is 4.92.